The van der Waals surface area contributed by atoms with E-state index in [9.17, 15) is 17.9 Å². The molecule has 3 unspecified atom stereocenters. The zero-order valence-corrected chi connectivity index (χ0v) is 15.7. The number of hydrogen-bond acceptors (Lipinski definition) is 5. The summed E-state index contributed by atoms with van der Waals surface area (Å²) in [6.07, 6.45) is -1.58. The van der Waals surface area contributed by atoms with Gasteiger partial charge in [-0.05, 0) is 25.1 Å². The van der Waals surface area contributed by atoms with Crippen LogP contribution in [0.1, 0.15) is 11.1 Å². The van der Waals surface area contributed by atoms with E-state index in [2.05, 4.69) is 10.0 Å². The van der Waals surface area contributed by atoms with Crippen molar-refractivity contribution in [2.75, 3.05) is 13.2 Å². The molecule has 3 rings (SSSR count). The van der Waals surface area contributed by atoms with Gasteiger partial charge in [0.15, 0.2) is 0 Å². The van der Waals surface area contributed by atoms with Crippen molar-refractivity contribution in [3.63, 3.8) is 0 Å². The summed E-state index contributed by atoms with van der Waals surface area (Å²) in [6, 6.07) is 12.5. The van der Waals surface area contributed by atoms with Crippen LogP contribution < -0.4 is 10.0 Å². The monoisotopic (exact) mass is 394 g/mol. The maximum absolute atomic E-state index is 13.7. The van der Waals surface area contributed by atoms with Crippen LogP contribution in [-0.2, 0) is 21.3 Å². The van der Waals surface area contributed by atoms with Gasteiger partial charge in [0.25, 0.3) is 0 Å². The zero-order chi connectivity index (χ0) is 19.4. The van der Waals surface area contributed by atoms with Crippen LogP contribution in [0, 0.1) is 12.7 Å². The van der Waals surface area contributed by atoms with Crippen LogP contribution in [0.15, 0.2) is 53.4 Å². The fraction of sp³-hybridized carbons (Fsp3) is 0.368. The van der Waals surface area contributed by atoms with E-state index in [1.54, 1.807) is 30.3 Å². The van der Waals surface area contributed by atoms with Crippen LogP contribution in [0.2, 0.25) is 0 Å². The smallest absolute Gasteiger partial charge is 0.240 e. The predicted molar refractivity (Wildman–Crippen MR) is 99.1 cm³/mol. The molecule has 0 aromatic heterocycles. The average Bonchev–Trinajstić information content (AvgIpc) is 3.00. The molecule has 146 valence electrons. The minimum atomic E-state index is -3.68. The number of rotatable bonds is 7. The van der Waals surface area contributed by atoms with Crippen molar-refractivity contribution in [2.24, 2.45) is 0 Å². The maximum Gasteiger partial charge on any atom is 0.240 e. The fourth-order valence-electron chi connectivity index (χ4n) is 2.92. The standard InChI is InChI=1S/C19H23FN2O4S/c1-13-6-8-15(9-7-13)27(24,25)22-11-18-19(23)17(12-26-18)21-10-14-4-2-3-5-16(14)20/h2-9,17-19,21-23H,10-12H2,1H3. The maximum atomic E-state index is 13.7. The van der Waals surface area contributed by atoms with Gasteiger partial charge in [-0.1, -0.05) is 35.9 Å². The molecule has 2 aromatic carbocycles. The van der Waals surface area contributed by atoms with E-state index in [1.807, 2.05) is 6.92 Å². The van der Waals surface area contributed by atoms with Crippen molar-refractivity contribution in [3.8, 4) is 0 Å². The van der Waals surface area contributed by atoms with Gasteiger partial charge < -0.3 is 15.2 Å². The summed E-state index contributed by atoms with van der Waals surface area (Å²) in [5, 5.41) is 13.4. The second-order valence-electron chi connectivity index (χ2n) is 6.61. The number of halogens is 1. The molecule has 6 nitrogen and oxygen atoms in total. The van der Waals surface area contributed by atoms with Crippen molar-refractivity contribution in [1.82, 2.24) is 10.0 Å². The molecule has 2 aromatic rings. The molecule has 27 heavy (non-hydrogen) atoms. The van der Waals surface area contributed by atoms with Crippen LogP contribution in [0.3, 0.4) is 0 Å². The Morgan fingerprint density at radius 3 is 2.59 bits per heavy atom. The molecule has 1 fully saturated rings. The van der Waals surface area contributed by atoms with Crippen LogP contribution >= 0.6 is 0 Å². The lowest BCUT2D eigenvalue weighted by molar-refractivity contribution is 0.0443. The van der Waals surface area contributed by atoms with E-state index >= 15 is 0 Å². The highest BCUT2D eigenvalue weighted by atomic mass is 32.2. The first kappa shape index (κ1) is 19.9. The Balaban J connectivity index is 1.53. The van der Waals surface area contributed by atoms with Crippen LogP contribution in [0.5, 0.6) is 0 Å². The Kier molecular flexibility index (Phi) is 6.23. The van der Waals surface area contributed by atoms with E-state index < -0.39 is 28.3 Å². The van der Waals surface area contributed by atoms with Crippen LogP contribution in [-0.4, -0.2) is 44.9 Å². The second kappa shape index (κ2) is 8.45. The third kappa shape index (κ3) is 4.91. The molecule has 1 aliphatic rings. The zero-order valence-electron chi connectivity index (χ0n) is 14.9. The van der Waals surface area contributed by atoms with Gasteiger partial charge >= 0.3 is 0 Å². The van der Waals surface area contributed by atoms with Gasteiger partial charge in [0.2, 0.25) is 10.0 Å². The lowest BCUT2D eigenvalue weighted by Gasteiger charge is -2.19. The normalized spacial score (nSPS) is 22.9. The molecule has 0 aliphatic carbocycles. The Morgan fingerprint density at radius 2 is 1.89 bits per heavy atom. The van der Waals surface area contributed by atoms with Crippen LogP contribution in [0.4, 0.5) is 4.39 Å². The van der Waals surface area contributed by atoms with Gasteiger partial charge in [-0.15, -0.1) is 0 Å². The molecular weight excluding hydrogens is 371 g/mol. The first-order valence-electron chi connectivity index (χ1n) is 8.69. The molecule has 3 N–H and O–H groups in total. The Hall–Kier alpha value is -1.84. The SMILES string of the molecule is Cc1ccc(S(=O)(=O)NCC2OCC(NCc3ccccc3F)C2O)cc1. The predicted octanol–water partition coefficient (Wildman–Crippen LogP) is 1.33. The summed E-state index contributed by atoms with van der Waals surface area (Å²) in [6.45, 7) is 2.29. The highest BCUT2D eigenvalue weighted by Crippen LogP contribution is 2.17. The lowest BCUT2D eigenvalue weighted by atomic mass is 10.1. The molecule has 8 heteroatoms. The number of sulfonamides is 1. The van der Waals surface area contributed by atoms with E-state index in [0.29, 0.717) is 5.56 Å². The molecule has 0 amide bonds. The number of ether oxygens (including phenoxy) is 1. The Morgan fingerprint density at radius 1 is 1.19 bits per heavy atom. The van der Waals surface area contributed by atoms with E-state index in [-0.39, 0.29) is 30.4 Å². The number of aryl methyl sites for hydroxylation is 1. The summed E-state index contributed by atoms with van der Waals surface area (Å²) in [7, 11) is -3.68. The molecule has 0 saturated carbocycles. The first-order valence-corrected chi connectivity index (χ1v) is 10.2. The molecule has 1 saturated heterocycles. The topological polar surface area (TPSA) is 87.7 Å². The fourth-order valence-corrected chi connectivity index (χ4v) is 3.96. The summed E-state index contributed by atoms with van der Waals surface area (Å²) in [5.74, 6) is -0.319. The molecular formula is C19H23FN2O4S. The highest BCUT2D eigenvalue weighted by Gasteiger charge is 2.36. The third-order valence-electron chi connectivity index (χ3n) is 4.60. The quantitative estimate of drug-likeness (QED) is 0.660. The van der Waals surface area contributed by atoms with E-state index in [4.69, 9.17) is 4.74 Å². The minimum absolute atomic E-state index is 0.0464. The number of aliphatic hydroxyl groups excluding tert-OH is 1. The summed E-state index contributed by atoms with van der Waals surface area (Å²) < 4.78 is 46.3. The van der Waals surface area contributed by atoms with E-state index in [1.165, 1.54) is 18.2 Å². The van der Waals surface area contributed by atoms with Gasteiger partial charge in [-0.2, -0.15) is 0 Å². The van der Waals surface area contributed by atoms with Gasteiger partial charge in [0.1, 0.15) is 5.82 Å². The third-order valence-corrected chi connectivity index (χ3v) is 6.04. The largest absolute Gasteiger partial charge is 0.389 e. The second-order valence-corrected chi connectivity index (χ2v) is 8.37. The molecule has 0 spiro atoms. The Bertz CT molecular complexity index is 874. The van der Waals surface area contributed by atoms with Crippen molar-refractivity contribution in [1.29, 1.82) is 0 Å². The first-order chi connectivity index (χ1) is 12.9. The minimum Gasteiger partial charge on any atom is -0.389 e. The van der Waals surface area contributed by atoms with Gasteiger partial charge in [-0.25, -0.2) is 17.5 Å². The summed E-state index contributed by atoms with van der Waals surface area (Å²) >= 11 is 0. The molecule has 0 radical (unpaired) electrons. The summed E-state index contributed by atoms with van der Waals surface area (Å²) in [5.41, 5.74) is 1.46. The van der Waals surface area contributed by atoms with Crippen molar-refractivity contribution >= 4 is 10.0 Å². The molecule has 1 heterocycles. The van der Waals surface area contributed by atoms with Gasteiger partial charge in [0.05, 0.1) is 29.8 Å². The van der Waals surface area contributed by atoms with E-state index in [0.717, 1.165) is 5.56 Å². The van der Waals surface area contributed by atoms with Gasteiger partial charge in [0, 0.05) is 18.7 Å². The molecule has 0 bridgehead atoms. The summed E-state index contributed by atoms with van der Waals surface area (Å²) in [4.78, 5) is 0.162. The van der Waals surface area contributed by atoms with Gasteiger partial charge in [-0.3, -0.25) is 0 Å². The number of nitrogens with one attached hydrogen (secondary N) is 2. The van der Waals surface area contributed by atoms with Crippen LogP contribution in [0.25, 0.3) is 0 Å². The average molecular weight is 394 g/mol. The van der Waals surface area contributed by atoms with Crippen molar-refractivity contribution in [3.05, 3.63) is 65.5 Å². The van der Waals surface area contributed by atoms with Crippen molar-refractivity contribution in [2.45, 2.75) is 36.6 Å². The lowest BCUT2D eigenvalue weighted by Crippen LogP contribution is -2.44. The molecule has 1 aliphatic heterocycles. The van der Waals surface area contributed by atoms with Crippen molar-refractivity contribution < 1.29 is 22.7 Å². The number of aliphatic hydroxyl groups is 1. The molecule has 3 atom stereocenters. The number of hydrogen-bond donors (Lipinski definition) is 3. The highest BCUT2D eigenvalue weighted by molar-refractivity contribution is 7.89. The number of benzene rings is 2. The Labute approximate surface area is 158 Å².